The monoisotopic (exact) mass is 365 g/mol. The van der Waals surface area contributed by atoms with Gasteiger partial charge >= 0.3 is 0 Å². The number of carbonyl (C=O) groups excluding carboxylic acids is 1. The van der Waals surface area contributed by atoms with Crippen molar-refractivity contribution in [3.05, 3.63) is 58.9 Å². The predicted octanol–water partition coefficient (Wildman–Crippen LogP) is 4.35. The lowest BCUT2D eigenvalue weighted by Gasteiger charge is -2.14. The Bertz CT molecular complexity index is 722. The minimum absolute atomic E-state index is 0.0608. The molecule has 134 valence electrons. The van der Waals surface area contributed by atoms with Crippen molar-refractivity contribution in [3.8, 4) is 11.5 Å². The maximum atomic E-state index is 13.0. The number of ether oxygens (including phenoxy) is 2. The van der Waals surface area contributed by atoms with Gasteiger partial charge in [-0.05, 0) is 38.1 Å². The van der Waals surface area contributed by atoms with Gasteiger partial charge in [0.05, 0.1) is 24.2 Å². The fraction of sp³-hybridized carbons (Fsp3) is 0.316. The molecule has 0 aromatic heterocycles. The number of benzene rings is 2. The van der Waals surface area contributed by atoms with Gasteiger partial charge in [0, 0.05) is 12.1 Å². The van der Waals surface area contributed by atoms with Gasteiger partial charge in [-0.1, -0.05) is 29.8 Å². The van der Waals surface area contributed by atoms with E-state index in [9.17, 15) is 9.18 Å². The Labute approximate surface area is 151 Å². The molecule has 0 aliphatic heterocycles. The zero-order valence-corrected chi connectivity index (χ0v) is 15.0. The van der Waals surface area contributed by atoms with Gasteiger partial charge in [0.2, 0.25) is 5.91 Å². The molecule has 0 bridgehead atoms. The highest BCUT2D eigenvalue weighted by atomic mass is 35.5. The van der Waals surface area contributed by atoms with E-state index in [0.717, 1.165) is 11.3 Å². The van der Waals surface area contributed by atoms with Gasteiger partial charge < -0.3 is 14.8 Å². The molecule has 0 aliphatic rings. The van der Waals surface area contributed by atoms with Crippen LogP contribution in [0.1, 0.15) is 25.8 Å². The maximum Gasteiger partial charge on any atom is 0.223 e. The van der Waals surface area contributed by atoms with Gasteiger partial charge in [0.25, 0.3) is 0 Å². The fourth-order valence-electron chi connectivity index (χ4n) is 2.15. The Morgan fingerprint density at radius 2 is 1.96 bits per heavy atom. The van der Waals surface area contributed by atoms with Crippen molar-refractivity contribution >= 4 is 17.5 Å². The van der Waals surface area contributed by atoms with Gasteiger partial charge in [-0.3, -0.25) is 4.79 Å². The van der Waals surface area contributed by atoms with Crippen molar-refractivity contribution in [1.82, 2.24) is 5.32 Å². The van der Waals surface area contributed by atoms with Crippen LogP contribution in [0.15, 0.2) is 42.5 Å². The number of halogens is 2. The molecule has 4 nitrogen and oxygen atoms in total. The Kier molecular flexibility index (Phi) is 7.07. The second kappa shape index (κ2) is 9.28. The van der Waals surface area contributed by atoms with Crippen molar-refractivity contribution in [2.24, 2.45) is 0 Å². The molecule has 0 fully saturated rings. The van der Waals surface area contributed by atoms with Crippen LogP contribution < -0.4 is 14.8 Å². The lowest BCUT2D eigenvalue weighted by atomic mass is 10.2. The van der Waals surface area contributed by atoms with Crippen LogP contribution in [0.5, 0.6) is 11.5 Å². The van der Waals surface area contributed by atoms with E-state index in [2.05, 4.69) is 5.32 Å². The second-order valence-electron chi connectivity index (χ2n) is 5.72. The summed E-state index contributed by atoms with van der Waals surface area (Å²) in [5, 5.41) is 3.01. The molecule has 2 aromatic carbocycles. The molecule has 0 unspecified atom stereocenters. The molecule has 1 amide bonds. The molecule has 2 rings (SSSR count). The van der Waals surface area contributed by atoms with Crippen LogP contribution in [-0.4, -0.2) is 18.6 Å². The zero-order chi connectivity index (χ0) is 18.2. The summed E-state index contributed by atoms with van der Waals surface area (Å²) in [5.41, 5.74) is 0.909. The number of hydrogen-bond acceptors (Lipinski definition) is 3. The van der Waals surface area contributed by atoms with Crippen LogP contribution in [0.25, 0.3) is 0 Å². The fourth-order valence-corrected chi connectivity index (χ4v) is 2.37. The molecular formula is C19H21ClFNO3. The lowest BCUT2D eigenvalue weighted by molar-refractivity contribution is -0.121. The standard InChI is InChI=1S/C19H21ClFNO3/c1-13(2)25-17-6-4-3-5-14(17)12-22-19(23)9-10-24-18-8-7-15(21)11-16(18)20/h3-8,11,13H,9-10,12H2,1-2H3,(H,22,23). The van der Waals surface area contributed by atoms with Gasteiger partial charge in [-0.15, -0.1) is 0 Å². The van der Waals surface area contributed by atoms with E-state index in [0.29, 0.717) is 12.3 Å². The Hall–Kier alpha value is -2.27. The molecule has 25 heavy (non-hydrogen) atoms. The molecule has 0 saturated carbocycles. The maximum absolute atomic E-state index is 13.0. The quantitative estimate of drug-likeness (QED) is 0.756. The van der Waals surface area contributed by atoms with E-state index in [1.54, 1.807) is 0 Å². The third-order valence-electron chi connectivity index (χ3n) is 3.29. The van der Waals surface area contributed by atoms with Crippen LogP contribution in [-0.2, 0) is 11.3 Å². The first-order chi connectivity index (χ1) is 12.0. The van der Waals surface area contributed by atoms with Crippen molar-refractivity contribution in [2.45, 2.75) is 32.9 Å². The second-order valence-corrected chi connectivity index (χ2v) is 6.13. The number of nitrogens with one attached hydrogen (secondary N) is 1. The van der Waals surface area contributed by atoms with Gasteiger partial charge in [0.1, 0.15) is 17.3 Å². The van der Waals surface area contributed by atoms with Crippen molar-refractivity contribution in [2.75, 3.05) is 6.61 Å². The summed E-state index contributed by atoms with van der Waals surface area (Å²) in [5.74, 6) is 0.522. The Morgan fingerprint density at radius 3 is 2.68 bits per heavy atom. The van der Waals surface area contributed by atoms with Crippen molar-refractivity contribution in [3.63, 3.8) is 0 Å². The summed E-state index contributed by atoms with van der Waals surface area (Å²) >= 11 is 5.87. The highest BCUT2D eigenvalue weighted by Crippen LogP contribution is 2.25. The summed E-state index contributed by atoms with van der Waals surface area (Å²) < 4.78 is 24.1. The normalized spacial score (nSPS) is 10.6. The molecule has 0 spiro atoms. The predicted molar refractivity (Wildman–Crippen MR) is 95.6 cm³/mol. The molecule has 2 aromatic rings. The summed E-state index contributed by atoms with van der Waals surface area (Å²) in [6, 6.07) is 11.4. The smallest absolute Gasteiger partial charge is 0.223 e. The van der Waals surface area contributed by atoms with Crippen molar-refractivity contribution < 1.29 is 18.7 Å². The molecule has 0 saturated heterocycles. The topological polar surface area (TPSA) is 47.6 Å². The van der Waals surface area contributed by atoms with E-state index in [1.807, 2.05) is 38.1 Å². The van der Waals surface area contributed by atoms with Crippen LogP contribution in [0.2, 0.25) is 5.02 Å². The van der Waals surface area contributed by atoms with Gasteiger partial charge in [-0.2, -0.15) is 0 Å². The van der Waals surface area contributed by atoms with E-state index >= 15 is 0 Å². The largest absolute Gasteiger partial charge is 0.491 e. The molecule has 0 radical (unpaired) electrons. The highest BCUT2D eigenvalue weighted by Gasteiger charge is 2.08. The Morgan fingerprint density at radius 1 is 1.20 bits per heavy atom. The summed E-state index contributed by atoms with van der Waals surface area (Å²) in [4.78, 5) is 12.0. The van der Waals surface area contributed by atoms with Crippen LogP contribution >= 0.6 is 11.6 Å². The Balaban J connectivity index is 1.79. The van der Waals surface area contributed by atoms with E-state index in [1.165, 1.54) is 18.2 Å². The van der Waals surface area contributed by atoms with Crippen LogP contribution in [0.3, 0.4) is 0 Å². The van der Waals surface area contributed by atoms with Gasteiger partial charge in [-0.25, -0.2) is 4.39 Å². The SMILES string of the molecule is CC(C)Oc1ccccc1CNC(=O)CCOc1ccc(F)cc1Cl. The number of hydrogen-bond donors (Lipinski definition) is 1. The third kappa shape index (κ3) is 6.27. The summed E-state index contributed by atoms with van der Waals surface area (Å²) in [6.45, 7) is 4.43. The molecule has 0 heterocycles. The third-order valence-corrected chi connectivity index (χ3v) is 3.59. The zero-order valence-electron chi connectivity index (χ0n) is 14.2. The number of rotatable bonds is 8. The van der Waals surface area contributed by atoms with Crippen molar-refractivity contribution in [1.29, 1.82) is 0 Å². The minimum atomic E-state index is -0.433. The molecule has 6 heteroatoms. The minimum Gasteiger partial charge on any atom is -0.491 e. The molecule has 1 N–H and O–H groups in total. The van der Waals surface area contributed by atoms with E-state index in [-0.39, 0.29) is 30.1 Å². The number of amides is 1. The van der Waals surface area contributed by atoms with Crippen LogP contribution in [0.4, 0.5) is 4.39 Å². The highest BCUT2D eigenvalue weighted by molar-refractivity contribution is 6.32. The number of para-hydroxylation sites is 1. The summed E-state index contributed by atoms with van der Waals surface area (Å²) in [6.07, 6.45) is 0.228. The average molecular weight is 366 g/mol. The summed E-state index contributed by atoms with van der Waals surface area (Å²) in [7, 11) is 0. The first kappa shape index (κ1) is 19.1. The van der Waals surface area contributed by atoms with Gasteiger partial charge in [0.15, 0.2) is 0 Å². The number of carbonyl (C=O) groups is 1. The van der Waals surface area contributed by atoms with E-state index in [4.69, 9.17) is 21.1 Å². The average Bonchev–Trinajstić information content (AvgIpc) is 2.55. The van der Waals surface area contributed by atoms with Crippen LogP contribution in [0, 0.1) is 5.82 Å². The lowest BCUT2D eigenvalue weighted by Crippen LogP contribution is -2.25. The first-order valence-electron chi connectivity index (χ1n) is 8.05. The molecule has 0 aliphatic carbocycles. The first-order valence-corrected chi connectivity index (χ1v) is 8.42. The van der Waals surface area contributed by atoms with E-state index < -0.39 is 5.82 Å². The molecule has 0 atom stereocenters. The molecular weight excluding hydrogens is 345 g/mol.